The fourth-order valence-corrected chi connectivity index (χ4v) is 3.66. The number of fused-ring (bicyclic) bond motifs is 1. The fraction of sp³-hybridized carbons (Fsp3) is 0.176. The maximum absolute atomic E-state index is 12.8. The minimum absolute atomic E-state index is 0.169. The molecule has 0 fully saturated rings. The first-order chi connectivity index (χ1) is 11.6. The lowest BCUT2D eigenvalue weighted by Crippen LogP contribution is -2.30. The molecule has 0 unspecified atom stereocenters. The van der Waals surface area contributed by atoms with E-state index in [9.17, 15) is 9.18 Å². The lowest BCUT2D eigenvalue weighted by molar-refractivity contribution is -0.118. The topological polar surface area (TPSA) is 54.0 Å². The van der Waals surface area contributed by atoms with Gasteiger partial charge in [0.1, 0.15) is 5.82 Å². The molecule has 0 aliphatic heterocycles. The zero-order valence-electron chi connectivity index (χ0n) is 13.0. The summed E-state index contributed by atoms with van der Waals surface area (Å²) in [4.78, 5) is 17.2. The molecule has 0 spiro atoms. The molecular formula is C17H16FN3OS2. The molecular weight excluding hydrogens is 345 g/mol. The van der Waals surface area contributed by atoms with E-state index in [0.717, 1.165) is 21.5 Å². The van der Waals surface area contributed by atoms with Crippen molar-refractivity contribution >= 4 is 44.4 Å². The van der Waals surface area contributed by atoms with Crippen LogP contribution >= 0.6 is 23.1 Å². The molecule has 3 rings (SSSR count). The third-order valence-corrected chi connectivity index (χ3v) is 5.30. The van der Waals surface area contributed by atoms with Crippen LogP contribution in [0.3, 0.4) is 0 Å². The minimum Gasteiger partial charge on any atom is -0.273 e. The van der Waals surface area contributed by atoms with Gasteiger partial charge >= 0.3 is 0 Å². The average molecular weight is 361 g/mol. The number of hydrazine groups is 1. The summed E-state index contributed by atoms with van der Waals surface area (Å²) in [5.74, 6) is -0.214. The van der Waals surface area contributed by atoms with Gasteiger partial charge < -0.3 is 0 Å². The van der Waals surface area contributed by atoms with Crippen molar-refractivity contribution in [3.8, 4) is 0 Å². The van der Waals surface area contributed by atoms with Crippen LogP contribution in [-0.2, 0) is 11.2 Å². The smallest absolute Gasteiger partial charge is 0.248 e. The molecule has 2 N–H and O–H groups in total. The van der Waals surface area contributed by atoms with E-state index in [1.54, 1.807) is 12.1 Å². The van der Waals surface area contributed by atoms with Crippen molar-refractivity contribution in [2.75, 3.05) is 11.2 Å². The molecule has 0 aliphatic rings. The molecule has 1 heterocycles. The maximum atomic E-state index is 12.8. The first-order valence-corrected chi connectivity index (χ1v) is 9.27. The summed E-state index contributed by atoms with van der Waals surface area (Å²) in [7, 11) is 0. The van der Waals surface area contributed by atoms with Crippen molar-refractivity contribution in [2.45, 2.75) is 18.2 Å². The van der Waals surface area contributed by atoms with Gasteiger partial charge in [0.15, 0.2) is 0 Å². The Morgan fingerprint density at radius 2 is 2.04 bits per heavy atom. The van der Waals surface area contributed by atoms with Gasteiger partial charge in [0.25, 0.3) is 0 Å². The number of benzene rings is 2. The zero-order valence-corrected chi connectivity index (χ0v) is 14.6. The van der Waals surface area contributed by atoms with Crippen molar-refractivity contribution in [1.82, 2.24) is 10.4 Å². The third kappa shape index (κ3) is 4.24. The number of nitrogens with one attached hydrogen (secondary N) is 2. The first-order valence-electron chi connectivity index (χ1n) is 7.46. The van der Waals surface area contributed by atoms with E-state index in [4.69, 9.17) is 0 Å². The maximum Gasteiger partial charge on any atom is 0.248 e. The van der Waals surface area contributed by atoms with Gasteiger partial charge in [0, 0.05) is 4.90 Å². The Kier molecular flexibility index (Phi) is 5.32. The van der Waals surface area contributed by atoms with Crippen LogP contribution in [0.2, 0.25) is 0 Å². The molecule has 0 aliphatic carbocycles. The van der Waals surface area contributed by atoms with Crippen LogP contribution in [0.1, 0.15) is 12.5 Å². The number of carbonyl (C=O) groups excluding carboxylic acids is 1. The van der Waals surface area contributed by atoms with Gasteiger partial charge in [-0.05, 0) is 48.4 Å². The molecule has 1 amide bonds. The Bertz CT molecular complexity index is 849. The molecule has 4 nitrogen and oxygen atoms in total. The molecule has 0 bridgehead atoms. The number of aryl methyl sites for hydroxylation is 1. The summed E-state index contributed by atoms with van der Waals surface area (Å²) < 4.78 is 13.9. The lowest BCUT2D eigenvalue weighted by Gasteiger charge is -2.05. The van der Waals surface area contributed by atoms with Gasteiger partial charge in [-0.25, -0.2) is 9.37 Å². The predicted molar refractivity (Wildman–Crippen MR) is 97.9 cm³/mol. The van der Waals surface area contributed by atoms with Crippen LogP contribution < -0.4 is 10.9 Å². The van der Waals surface area contributed by atoms with E-state index in [-0.39, 0.29) is 17.5 Å². The second kappa shape index (κ2) is 7.63. The second-order valence-electron chi connectivity index (χ2n) is 5.09. The first kappa shape index (κ1) is 16.7. The normalized spacial score (nSPS) is 10.8. The number of carbonyl (C=O) groups is 1. The van der Waals surface area contributed by atoms with Crippen molar-refractivity contribution < 1.29 is 9.18 Å². The molecule has 7 heteroatoms. The molecule has 0 saturated carbocycles. The molecule has 2 aromatic carbocycles. The van der Waals surface area contributed by atoms with Crippen molar-refractivity contribution in [1.29, 1.82) is 0 Å². The number of thiazole rings is 1. The van der Waals surface area contributed by atoms with Crippen LogP contribution in [0.4, 0.5) is 9.52 Å². The van der Waals surface area contributed by atoms with E-state index < -0.39 is 0 Å². The summed E-state index contributed by atoms with van der Waals surface area (Å²) in [6.07, 6.45) is 0.980. The number of halogens is 1. The van der Waals surface area contributed by atoms with E-state index in [1.807, 2.05) is 6.07 Å². The monoisotopic (exact) mass is 361 g/mol. The summed E-state index contributed by atoms with van der Waals surface area (Å²) in [6.45, 7) is 2.11. The fourth-order valence-electron chi connectivity index (χ4n) is 2.08. The van der Waals surface area contributed by atoms with E-state index in [0.29, 0.717) is 5.13 Å². The van der Waals surface area contributed by atoms with Gasteiger partial charge in [-0.1, -0.05) is 24.3 Å². The Morgan fingerprint density at radius 3 is 2.79 bits per heavy atom. The van der Waals surface area contributed by atoms with E-state index in [1.165, 1.54) is 40.8 Å². The minimum atomic E-state index is -0.285. The number of rotatable bonds is 6. The number of aromatic nitrogens is 1. The molecule has 3 aromatic rings. The Morgan fingerprint density at radius 1 is 1.25 bits per heavy atom. The second-order valence-corrected chi connectivity index (χ2v) is 7.17. The van der Waals surface area contributed by atoms with Crippen molar-refractivity contribution in [3.63, 3.8) is 0 Å². The SMILES string of the molecule is CCc1ccc2nc(NNC(=O)CSc3ccc(F)cc3)sc2c1. The highest BCUT2D eigenvalue weighted by molar-refractivity contribution is 8.00. The Hall–Kier alpha value is -2.12. The highest BCUT2D eigenvalue weighted by Gasteiger charge is 2.07. The van der Waals surface area contributed by atoms with Gasteiger partial charge in [0.05, 0.1) is 16.0 Å². The van der Waals surface area contributed by atoms with Crippen LogP contribution in [0, 0.1) is 5.82 Å². The zero-order chi connectivity index (χ0) is 16.9. The standard InChI is InChI=1S/C17H16FN3OS2/c1-2-11-3-8-14-15(9-11)24-17(19-14)21-20-16(22)10-23-13-6-4-12(18)5-7-13/h3-9H,2,10H2,1H3,(H,19,21)(H,20,22). The molecule has 0 radical (unpaired) electrons. The van der Waals surface area contributed by atoms with Crippen molar-refractivity contribution in [3.05, 3.63) is 53.8 Å². The van der Waals surface area contributed by atoms with Crippen LogP contribution in [0.5, 0.6) is 0 Å². The van der Waals surface area contributed by atoms with Gasteiger partial charge in [-0.15, -0.1) is 11.8 Å². The van der Waals surface area contributed by atoms with E-state index >= 15 is 0 Å². The predicted octanol–water partition coefficient (Wildman–Crippen LogP) is 4.23. The number of anilines is 1. The number of hydrogen-bond acceptors (Lipinski definition) is 5. The van der Waals surface area contributed by atoms with Crippen LogP contribution in [0.15, 0.2) is 47.4 Å². The molecule has 124 valence electrons. The average Bonchev–Trinajstić information content (AvgIpc) is 3.01. The number of thioether (sulfide) groups is 1. The largest absolute Gasteiger partial charge is 0.273 e. The number of hydrogen-bond donors (Lipinski definition) is 2. The van der Waals surface area contributed by atoms with E-state index in [2.05, 4.69) is 34.9 Å². The van der Waals surface area contributed by atoms with Crippen LogP contribution in [-0.4, -0.2) is 16.6 Å². The Labute approximate surface area is 147 Å². The molecule has 1 aromatic heterocycles. The summed E-state index contributed by atoms with van der Waals surface area (Å²) >= 11 is 2.85. The van der Waals surface area contributed by atoms with Crippen molar-refractivity contribution in [2.24, 2.45) is 0 Å². The Balaban J connectivity index is 1.53. The van der Waals surface area contributed by atoms with Gasteiger partial charge in [-0.3, -0.25) is 15.6 Å². The van der Waals surface area contributed by atoms with Gasteiger partial charge in [0.2, 0.25) is 11.0 Å². The highest BCUT2D eigenvalue weighted by Crippen LogP contribution is 2.26. The molecule has 0 atom stereocenters. The van der Waals surface area contributed by atoms with Crippen LogP contribution in [0.25, 0.3) is 10.2 Å². The number of amides is 1. The quantitative estimate of drug-likeness (QED) is 0.509. The van der Waals surface area contributed by atoms with Gasteiger partial charge in [-0.2, -0.15) is 0 Å². The summed E-state index contributed by atoms with van der Waals surface area (Å²) in [6, 6.07) is 12.2. The molecule has 24 heavy (non-hydrogen) atoms. The molecule has 0 saturated heterocycles. The summed E-state index contributed by atoms with van der Waals surface area (Å²) in [5.41, 5.74) is 7.66. The lowest BCUT2D eigenvalue weighted by atomic mass is 10.2. The third-order valence-electron chi connectivity index (χ3n) is 3.35. The number of nitrogens with zero attached hydrogens (tertiary/aromatic N) is 1. The summed E-state index contributed by atoms with van der Waals surface area (Å²) in [5, 5.41) is 0.651. The highest BCUT2D eigenvalue weighted by atomic mass is 32.2.